The molecule has 0 spiro atoms. The molecule has 2 fully saturated rings. The lowest BCUT2D eigenvalue weighted by Gasteiger charge is -2.39. The van der Waals surface area contributed by atoms with Crippen LogP contribution in [0.1, 0.15) is 66.2 Å². The van der Waals surface area contributed by atoms with E-state index in [1.54, 1.807) is 25.7 Å². The first-order valence-corrected chi connectivity index (χ1v) is 6.61. The van der Waals surface area contributed by atoms with Crippen LogP contribution in [0.5, 0.6) is 0 Å². The Labute approximate surface area is 90.5 Å². The maximum absolute atomic E-state index is 2.24. The van der Waals surface area contributed by atoms with Gasteiger partial charge < -0.3 is 0 Å². The van der Waals surface area contributed by atoms with Crippen molar-refractivity contribution in [3.63, 3.8) is 0 Å². The van der Waals surface area contributed by atoms with E-state index in [9.17, 15) is 0 Å². The molecule has 0 saturated heterocycles. The lowest BCUT2D eigenvalue weighted by molar-refractivity contribution is 0.129. The van der Waals surface area contributed by atoms with E-state index in [1.165, 1.54) is 24.7 Å². The zero-order valence-electron chi connectivity index (χ0n) is 10.6. The lowest BCUT2D eigenvalue weighted by Crippen LogP contribution is -2.26. The topological polar surface area (TPSA) is 0 Å². The summed E-state index contributed by atoms with van der Waals surface area (Å²) in [6.07, 6.45) is 9.30. The standard InChI is InChI=1S/C8H14.C6H14/c1-3-7(4-1)8-5-2-6-8;1-5(2)6(3)4/h7-8H,1-6H2;5-6H,1-4H3. The van der Waals surface area contributed by atoms with Gasteiger partial charge in [-0.15, -0.1) is 0 Å². The van der Waals surface area contributed by atoms with Crippen LogP contribution in [0.25, 0.3) is 0 Å². The molecule has 84 valence electrons. The second-order valence-electron chi connectivity index (χ2n) is 5.87. The Kier molecular flexibility index (Phi) is 4.98. The molecule has 0 heteroatoms. The molecule has 14 heavy (non-hydrogen) atoms. The molecule has 0 aromatic rings. The molecule has 2 rings (SSSR count). The van der Waals surface area contributed by atoms with E-state index < -0.39 is 0 Å². The highest BCUT2D eigenvalue weighted by Crippen LogP contribution is 2.43. The van der Waals surface area contributed by atoms with E-state index >= 15 is 0 Å². The van der Waals surface area contributed by atoms with Crippen molar-refractivity contribution in [2.75, 3.05) is 0 Å². The van der Waals surface area contributed by atoms with Crippen molar-refractivity contribution in [3.05, 3.63) is 0 Å². The van der Waals surface area contributed by atoms with Crippen molar-refractivity contribution in [3.8, 4) is 0 Å². The van der Waals surface area contributed by atoms with Gasteiger partial charge in [-0.05, 0) is 23.7 Å². The van der Waals surface area contributed by atoms with E-state index in [-0.39, 0.29) is 0 Å². The average molecular weight is 196 g/mol. The summed E-state index contributed by atoms with van der Waals surface area (Å²) >= 11 is 0. The van der Waals surface area contributed by atoms with Crippen LogP contribution in [0.3, 0.4) is 0 Å². The highest BCUT2D eigenvalue weighted by atomic mass is 14.4. The molecule has 2 saturated carbocycles. The van der Waals surface area contributed by atoms with Crippen molar-refractivity contribution >= 4 is 0 Å². The first kappa shape index (κ1) is 12.1. The van der Waals surface area contributed by atoms with Crippen LogP contribution in [0.15, 0.2) is 0 Å². The van der Waals surface area contributed by atoms with Gasteiger partial charge in [0, 0.05) is 0 Å². The Hall–Kier alpha value is 0. The summed E-state index contributed by atoms with van der Waals surface area (Å²) in [7, 11) is 0. The normalized spacial score (nSPS) is 22.7. The van der Waals surface area contributed by atoms with Gasteiger partial charge in [0.05, 0.1) is 0 Å². The number of rotatable bonds is 2. The molecule has 0 N–H and O–H groups in total. The first-order chi connectivity index (χ1) is 6.61. The van der Waals surface area contributed by atoms with E-state index in [4.69, 9.17) is 0 Å². The third-order valence-electron chi connectivity index (χ3n) is 4.30. The predicted octanol–water partition coefficient (Wildman–Crippen LogP) is 4.89. The summed E-state index contributed by atoms with van der Waals surface area (Å²) in [5, 5.41) is 0. The molecule has 0 radical (unpaired) electrons. The van der Waals surface area contributed by atoms with Gasteiger partial charge in [0.15, 0.2) is 0 Å². The van der Waals surface area contributed by atoms with Crippen LogP contribution in [0, 0.1) is 23.7 Å². The predicted molar refractivity (Wildman–Crippen MR) is 64.4 cm³/mol. The van der Waals surface area contributed by atoms with Gasteiger partial charge in [-0.2, -0.15) is 0 Å². The van der Waals surface area contributed by atoms with Crippen molar-refractivity contribution in [2.45, 2.75) is 66.2 Å². The Morgan fingerprint density at radius 1 is 0.643 bits per heavy atom. The van der Waals surface area contributed by atoms with Crippen molar-refractivity contribution in [1.29, 1.82) is 0 Å². The minimum absolute atomic E-state index is 0.852. The summed E-state index contributed by atoms with van der Waals surface area (Å²) in [6.45, 7) is 8.96. The maximum Gasteiger partial charge on any atom is -0.0386 e. The fourth-order valence-electron chi connectivity index (χ4n) is 1.82. The smallest absolute Gasteiger partial charge is 0.0386 e. The Morgan fingerprint density at radius 2 is 0.929 bits per heavy atom. The molecule has 0 nitrogen and oxygen atoms in total. The van der Waals surface area contributed by atoms with Gasteiger partial charge >= 0.3 is 0 Å². The van der Waals surface area contributed by atoms with Crippen molar-refractivity contribution in [1.82, 2.24) is 0 Å². The third-order valence-corrected chi connectivity index (χ3v) is 4.30. The maximum atomic E-state index is 2.24. The Bertz CT molecular complexity index is 120. The fraction of sp³-hybridized carbons (Fsp3) is 1.00. The average Bonchev–Trinajstić information content (AvgIpc) is 1.94. The van der Waals surface area contributed by atoms with Crippen LogP contribution in [0.2, 0.25) is 0 Å². The van der Waals surface area contributed by atoms with Gasteiger partial charge in [0.25, 0.3) is 0 Å². The Balaban J connectivity index is 0.000000149. The van der Waals surface area contributed by atoms with Crippen LogP contribution < -0.4 is 0 Å². The summed E-state index contributed by atoms with van der Waals surface area (Å²) in [5.74, 6) is 4.07. The van der Waals surface area contributed by atoms with E-state index in [2.05, 4.69) is 27.7 Å². The quantitative estimate of drug-likeness (QED) is 0.590. The first-order valence-electron chi connectivity index (χ1n) is 6.61. The van der Waals surface area contributed by atoms with Gasteiger partial charge in [0.1, 0.15) is 0 Å². The van der Waals surface area contributed by atoms with Gasteiger partial charge in [0.2, 0.25) is 0 Å². The molecule has 0 aromatic heterocycles. The molecular formula is C14H28. The summed E-state index contributed by atoms with van der Waals surface area (Å²) in [5.41, 5.74) is 0. The second kappa shape index (κ2) is 5.78. The molecule has 0 atom stereocenters. The molecule has 0 amide bonds. The van der Waals surface area contributed by atoms with Crippen molar-refractivity contribution in [2.24, 2.45) is 23.7 Å². The molecule has 0 aromatic carbocycles. The molecule has 2 aliphatic rings. The largest absolute Gasteiger partial charge is 0.0625 e. The molecule has 2 aliphatic carbocycles. The third kappa shape index (κ3) is 3.63. The Morgan fingerprint density at radius 3 is 1.00 bits per heavy atom. The second-order valence-corrected chi connectivity index (χ2v) is 5.87. The van der Waals surface area contributed by atoms with Crippen LogP contribution >= 0.6 is 0 Å². The monoisotopic (exact) mass is 196 g/mol. The van der Waals surface area contributed by atoms with Gasteiger partial charge in [-0.3, -0.25) is 0 Å². The molecular weight excluding hydrogens is 168 g/mol. The molecule has 0 bridgehead atoms. The van der Waals surface area contributed by atoms with Gasteiger partial charge in [-0.1, -0.05) is 66.2 Å². The van der Waals surface area contributed by atoms with Crippen LogP contribution in [-0.2, 0) is 0 Å². The minimum atomic E-state index is 0.852. The van der Waals surface area contributed by atoms with Gasteiger partial charge in [-0.25, -0.2) is 0 Å². The van der Waals surface area contributed by atoms with Crippen LogP contribution in [-0.4, -0.2) is 0 Å². The number of hydrogen-bond acceptors (Lipinski definition) is 0. The molecule has 0 aliphatic heterocycles. The van der Waals surface area contributed by atoms with E-state index in [0.29, 0.717) is 0 Å². The van der Waals surface area contributed by atoms with Crippen molar-refractivity contribution < 1.29 is 0 Å². The van der Waals surface area contributed by atoms with E-state index in [1.807, 2.05) is 0 Å². The highest BCUT2D eigenvalue weighted by Gasteiger charge is 2.30. The number of hydrogen-bond donors (Lipinski definition) is 0. The molecule has 0 unspecified atom stereocenters. The lowest BCUT2D eigenvalue weighted by atomic mass is 9.67. The highest BCUT2D eigenvalue weighted by molar-refractivity contribution is 4.82. The SMILES string of the molecule is C1CC(C2CCC2)C1.CC(C)C(C)C. The summed E-state index contributed by atoms with van der Waals surface area (Å²) in [6, 6.07) is 0. The van der Waals surface area contributed by atoms with Crippen LogP contribution in [0.4, 0.5) is 0 Å². The minimum Gasteiger partial charge on any atom is -0.0625 e. The zero-order valence-corrected chi connectivity index (χ0v) is 10.6. The summed E-state index contributed by atoms with van der Waals surface area (Å²) in [4.78, 5) is 0. The molecule has 0 heterocycles. The fourth-order valence-corrected chi connectivity index (χ4v) is 1.82. The summed E-state index contributed by atoms with van der Waals surface area (Å²) < 4.78 is 0. The zero-order chi connectivity index (χ0) is 10.6. The van der Waals surface area contributed by atoms with E-state index in [0.717, 1.165) is 11.8 Å².